The number of esters is 2. The van der Waals surface area contributed by atoms with E-state index >= 15 is 0 Å². The SMILES string of the molecule is C=C(C)C(=O)Oc1cc(C)c(-c2ccc(OCc3ccc(OC(=O)C(=C)C)c(F)c3)cc2)c(C)c1. The van der Waals surface area contributed by atoms with Crippen LogP contribution in [0.2, 0.25) is 0 Å². The highest BCUT2D eigenvalue weighted by Gasteiger charge is 2.13. The minimum atomic E-state index is -0.680. The third-order valence-electron chi connectivity index (χ3n) is 5.16. The molecule has 0 bridgehead atoms. The molecule has 0 heterocycles. The van der Waals surface area contributed by atoms with Gasteiger partial charge in [-0.05, 0) is 91.9 Å². The summed E-state index contributed by atoms with van der Waals surface area (Å²) in [5.41, 5.74) is 5.07. The number of hydrogen-bond donors (Lipinski definition) is 0. The maximum atomic E-state index is 14.3. The zero-order valence-electron chi connectivity index (χ0n) is 20.2. The molecule has 0 aliphatic rings. The lowest BCUT2D eigenvalue weighted by atomic mass is 9.95. The zero-order valence-corrected chi connectivity index (χ0v) is 20.2. The number of aryl methyl sites for hydroxylation is 2. The van der Waals surface area contributed by atoms with Gasteiger partial charge in [0.05, 0.1) is 0 Å². The highest BCUT2D eigenvalue weighted by Crippen LogP contribution is 2.32. The van der Waals surface area contributed by atoms with Gasteiger partial charge in [-0.1, -0.05) is 31.4 Å². The van der Waals surface area contributed by atoms with E-state index in [-0.39, 0.29) is 17.9 Å². The summed E-state index contributed by atoms with van der Waals surface area (Å²) in [5.74, 6) is -0.850. The second kappa shape index (κ2) is 10.8. The maximum Gasteiger partial charge on any atom is 0.338 e. The average Bonchev–Trinajstić information content (AvgIpc) is 2.79. The van der Waals surface area contributed by atoms with Crippen LogP contribution in [0, 0.1) is 19.7 Å². The summed E-state index contributed by atoms with van der Waals surface area (Å²) in [6.07, 6.45) is 0. The van der Waals surface area contributed by atoms with Gasteiger partial charge in [-0.3, -0.25) is 0 Å². The minimum absolute atomic E-state index is 0.145. The van der Waals surface area contributed by atoms with Gasteiger partial charge >= 0.3 is 11.9 Å². The average molecular weight is 475 g/mol. The Morgan fingerprint density at radius 2 is 1.37 bits per heavy atom. The molecule has 0 aliphatic carbocycles. The molecule has 3 aromatic rings. The van der Waals surface area contributed by atoms with E-state index in [0.29, 0.717) is 22.6 Å². The molecule has 0 unspecified atom stereocenters. The molecule has 0 N–H and O–H groups in total. The smallest absolute Gasteiger partial charge is 0.338 e. The fourth-order valence-corrected chi connectivity index (χ4v) is 3.42. The first-order chi connectivity index (χ1) is 16.5. The zero-order chi connectivity index (χ0) is 25.7. The summed E-state index contributed by atoms with van der Waals surface area (Å²) in [7, 11) is 0. The van der Waals surface area contributed by atoms with Crippen LogP contribution in [0.25, 0.3) is 11.1 Å². The Morgan fingerprint density at radius 3 is 1.91 bits per heavy atom. The van der Waals surface area contributed by atoms with Crippen LogP contribution in [-0.4, -0.2) is 11.9 Å². The number of benzene rings is 3. The largest absolute Gasteiger partial charge is 0.489 e. The van der Waals surface area contributed by atoms with Crippen molar-refractivity contribution in [1.29, 1.82) is 0 Å². The fraction of sp³-hybridized carbons (Fsp3) is 0.172. The quantitative estimate of drug-likeness (QED) is 0.208. The Bertz CT molecular complexity index is 1280. The molecule has 0 radical (unpaired) electrons. The van der Waals surface area contributed by atoms with Gasteiger partial charge in [-0.2, -0.15) is 0 Å². The number of carbonyl (C=O) groups is 2. The molecule has 0 saturated carbocycles. The third-order valence-corrected chi connectivity index (χ3v) is 5.16. The Balaban J connectivity index is 1.68. The molecule has 0 saturated heterocycles. The van der Waals surface area contributed by atoms with Crippen molar-refractivity contribution in [2.24, 2.45) is 0 Å². The van der Waals surface area contributed by atoms with Crippen molar-refractivity contribution in [3.8, 4) is 28.4 Å². The monoisotopic (exact) mass is 474 g/mol. The second-order valence-corrected chi connectivity index (χ2v) is 8.35. The van der Waals surface area contributed by atoms with E-state index in [1.54, 1.807) is 13.0 Å². The molecule has 0 fully saturated rings. The molecule has 0 amide bonds. The Kier molecular flexibility index (Phi) is 7.87. The number of rotatable bonds is 8. The highest BCUT2D eigenvalue weighted by atomic mass is 19.1. The molecule has 5 nitrogen and oxygen atoms in total. The molecule has 3 rings (SSSR count). The van der Waals surface area contributed by atoms with Crippen molar-refractivity contribution >= 4 is 11.9 Å². The van der Waals surface area contributed by atoms with Crippen LogP contribution in [0.5, 0.6) is 17.2 Å². The van der Waals surface area contributed by atoms with Crippen LogP contribution in [-0.2, 0) is 16.2 Å². The van der Waals surface area contributed by atoms with Crippen LogP contribution in [0.4, 0.5) is 4.39 Å². The first kappa shape index (κ1) is 25.4. The van der Waals surface area contributed by atoms with Gasteiger partial charge in [-0.25, -0.2) is 14.0 Å². The topological polar surface area (TPSA) is 61.8 Å². The van der Waals surface area contributed by atoms with Crippen molar-refractivity contribution in [3.63, 3.8) is 0 Å². The van der Waals surface area contributed by atoms with Gasteiger partial charge in [0.1, 0.15) is 18.1 Å². The lowest BCUT2D eigenvalue weighted by molar-refractivity contribution is -0.131. The van der Waals surface area contributed by atoms with Crippen molar-refractivity contribution in [1.82, 2.24) is 0 Å². The summed E-state index contributed by atoms with van der Waals surface area (Å²) in [5, 5.41) is 0. The second-order valence-electron chi connectivity index (χ2n) is 8.35. The van der Waals surface area contributed by atoms with E-state index in [1.807, 2.05) is 50.2 Å². The van der Waals surface area contributed by atoms with E-state index in [1.165, 1.54) is 19.1 Å². The summed E-state index contributed by atoms with van der Waals surface area (Å²) >= 11 is 0. The van der Waals surface area contributed by atoms with E-state index in [2.05, 4.69) is 13.2 Å². The number of halogens is 1. The third kappa shape index (κ3) is 6.44. The lowest BCUT2D eigenvalue weighted by Gasteiger charge is -2.14. The number of ether oxygens (including phenoxy) is 3. The van der Waals surface area contributed by atoms with E-state index < -0.39 is 17.8 Å². The van der Waals surface area contributed by atoms with Crippen LogP contribution in [0.15, 0.2) is 78.9 Å². The first-order valence-corrected chi connectivity index (χ1v) is 10.9. The Hall–Kier alpha value is -4.19. The highest BCUT2D eigenvalue weighted by molar-refractivity contribution is 5.89. The first-order valence-electron chi connectivity index (χ1n) is 10.9. The summed E-state index contributed by atoms with van der Waals surface area (Å²) in [4.78, 5) is 23.4. The molecular formula is C29H27FO5. The molecule has 180 valence electrons. The standard InChI is InChI=1S/C29H27FO5/c1-17(2)28(31)34-24-13-19(5)27(20(6)14-24)22-8-10-23(11-9-22)33-16-21-7-12-26(25(30)15-21)35-29(32)18(3)4/h7-15H,1,3,16H2,2,4-6H3. The van der Waals surface area contributed by atoms with Gasteiger partial charge in [-0.15, -0.1) is 0 Å². The van der Waals surface area contributed by atoms with E-state index in [0.717, 1.165) is 22.3 Å². The van der Waals surface area contributed by atoms with E-state index in [4.69, 9.17) is 14.2 Å². The van der Waals surface area contributed by atoms with Crippen molar-refractivity contribution in [3.05, 3.63) is 101 Å². The molecule has 3 aromatic carbocycles. The van der Waals surface area contributed by atoms with Gasteiger partial charge in [0.25, 0.3) is 0 Å². The van der Waals surface area contributed by atoms with Gasteiger partial charge in [0.15, 0.2) is 11.6 Å². The summed E-state index contributed by atoms with van der Waals surface area (Å²) in [6, 6.07) is 15.5. The Morgan fingerprint density at radius 1 is 0.800 bits per heavy atom. The minimum Gasteiger partial charge on any atom is -0.489 e. The summed E-state index contributed by atoms with van der Waals surface area (Å²) < 4.78 is 30.4. The molecule has 0 spiro atoms. The molecule has 6 heteroatoms. The van der Waals surface area contributed by atoms with E-state index in [9.17, 15) is 14.0 Å². The van der Waals surface area contributed by atoms with Crippen molar-refractivity contribution in [2.75, 3.05) is 0 Å². The van der Waals surface area contributed by atoms with Crippen molar-refractivity contribution in [2.45, 2.75) is 34.3 Å². The van der Waals surface area contributed by atoms with Crippen LogP contribution in [0.3, 0.4) is 0 Å². The lowest BCUT2D eigenvalue weighted by Crippen LogP contribution is -2.09. The van der Waals surface area contributed by atoms with Gasteiger partial charge < -0.3 is 14.2 Å². The van der Waals surface area contributed by atoms with Crippen molar-refractivity contribution < 1.29 is 28.2 Å². The normalized spacial score (nSPS) is 10.4. The molecule has 35 heavy (non-hydrogen) atoms. The molecule has 0 aromatic heterocycles. The number of hydrogen-bond acceptors (Lipinski definition) is 5. The molecule has 0 aliphatic heterocycles. The molecule has 0 atom stereocenters. The predicted octanol–water partition coefficient (Wildman–Crippen LogP) is 6.65. The van der Waals surface area contributed by atoms with Gasteiger partial charge in [0.2, 0.25) is 0 Å². The van der Waals surface area contributed by atoms with Gasteiger partial charge in [0, 0.05) is 11.1 Å². The van der Waals surface area contributed by atoms with Crippen LogP contribution in [0.1, 0.15) is 30.5 Å². The summed E-state index contributed by atoms with van der Waals surface area (Å²) in [6.45, 7) is 14.2. The molecular weight excluding hydrogens is 447 g/mol. The number of carbonyl (C=O) groups excluding carboxylic acids is 2. The Labute approximate surface area is 204 Å². The van der Waals surface area contributed by atoms with Crippen LogP contribution >= 0.6 is 0 Å². The van der Waals surface area contributed by atoms with Crippen LogP contribution < -0.4 is 14.2 Å². The predicted molar refractivity (Wildman–Crippen MR) is 133 cm³/mol. The fourth-order valence-electron chi connectivity index (χ4n) is 3.42. The maximum absolute atomic E-state index is 14.3.